The van der Waals surface area contributed by atoms with E-state index in [0.29, 0.717) is 22.6 Å². The van der Waals surface area contributed by atoms with Crippen molar-refractivity contribution in [2.24, 2.45) is 0 Å². The molecule has 6 nitrogen and oxygen atoms in total. The quantitative estimate of drug-likeness (QED) is 0.877. The fraction of sp³-hybridized carbons (Fsp3) is 0.188. The van der Waals surface area contributed by atoms with Gasteiger partial charge in [0.15, 0.2) is 0 Å². The van der Waals surface area contributed by atoms with Gasteiger partial charge in [-0.1, -0.05) is 6.07 Å². The largest absolute Gasteiger partial charge is 0.497 e. The van der Waals surface area contributed by atoms with Crippen molar-refractivity contribution in [3.63, 3.8) is 0 Å². The van der Waals surface area contributed by atoms with Gasteiger partial charge in [0.2, 0.25) is 10.0 Å². The Morgan fingerprint density at radius 2 is 1.74 bits per heavy atom. The zero-order valence-electron chi connectivity index (χ0n) is 13.1. The Morgan fingerprint density at radius 3 is 2.30 bits per heavy atom. The highest BCUT2D eigenvalue weighted by Gasteiger charge is 2.16. The molecule has 122 valence electrons. The molecule has 1 amide bonds. The smallest absolute Gasteiger partial charge is 0.255 e. The number of amides is 1. The predicted octanol–water partition coefficient (Wildman–Crippen LogP) is 2.16. The van der Waals surface area contributed by atoms with Crippen molar-refractivity contribution in [2.45, 2.75) is 11.8 Å². The van der Waals surface area contributed by atoms with Gasteiger partial charge in [0, 0.05) is 11.3 Å². The molecule has 2 rings (SSSR count). The monoisotopic (exact) mass is 334 g/mol. The lowest BCUT2D eigenvalue weighted by Gasteiger charge is -2.10. The summed E-state index contributed by atoms with van der Waals surface area (Å²) in [5.74, 6) is 0.323. The molecule has 2 aromatic carbocycles. The Morgan fingerprint density at radius 1 is 1.09 bits per heavy atom. The van der Waals surface area contributed by atoms with Crippen LogP contribution >= 0.6 is 0 Å². The molecule has 2 aromatic rings. The summed E-state index contributed by atoms with van der Waals surface area (Å²) in [5.41, 5.74) is 1.46. The average molecular weight is 334 g/mol. The van der Waals surface area contributed by atoms with Gasteiger partial charge in [0.25, 0.3) is 5.91 Å². The van der Waals surface area contributed by atoms with E-state index >= 15 is 0 Å². The summed E-state index contributed by atoms with van der Waals surface area (Å²) in [7, 11) is -0.687. The number of ether oxygens (including phenoxy) is 1. The molecule has 0 bridgehead atoms. The van der Waals surface area contributed by atoms with Crippen molar-refractivity contribution in [1.29, 1.82) is 0 Å². The van der Waals surface area contributed by atoms with Crippen molar-refractivity contribution < 1.29 is 17.9 Å². The highest BCUT2D eigenvalue weighted by Crippen LogP contribution is 2.21. The molecule has 0 atom stereocenters. The fourth-order valence-corrected chi connectivity index (χ4v) is 3.02. The summed E-state index contributed by atoms with van der Waals surface area (Å²) in [4.78, 5) is 12.3. The van der Waals surface area contributed by atoms with Gasteiger partial charge in [-0.2, -0.15) is 0 Å². The average Bonchev–Trinajstić information content (AvgIpc) is 2.56. The predicted molar refractivity (Wildman–Crippen MR) is 88.4 cm³/mol. The molecule has 0 fully saturated rings. The van der Waals surface area contributed by atoms with Gasteiger partial charge in [0.05, 0.1) is 12.0 Å². The first kappa shape index (κ1) is 17.0. The van der Waals surface area contributed by atoms with E-state index < -0.39 is 10.0 Å². The molecule has 0 heterocycles. The second kappa shape index (κ2) is 6.80. The van der Waals surface area contributed by atoms with Crippen LogP contribution in [0.5, 0.6) is 5.75 Å². The lowest BCUT2D eigenvalue weighted by Crippen LogP contribution is -2.20. The molecular weight excluding hydrogens is 316 g/mol. The first-order valence-electron chi connectivity index (χ1n) is 6.87. The maximum absolute atomic E-state index is 12.2. The Balaban J connectivity index is 2.26. The van der Waals surface area contributed by atoms with Crippen LogP contribution in [-0.4, -0.2) is 28.5 Å². The SMILES string of the molecule is CNS(=O)(=O)c1cc(NC(=O)c2ccc(OC)cc2)ccc1C. The first-order chi connectivity index (χ1) is 10.9. The minimum Gasteiger partial charge on any atom is -0.497 e. The number of methoxy groups -OCH3 is 1. The van der Waals surface area contributed by atoms with E-state index in [4.69, 9.17) is 4.74 Å². The van der Waals surface area contributed by atoms with Crippen LogP contribution in [-0.2, 0) is 10.0 Å². The third kappa shape index (κ3) is 3.88. The third-order valence-electron chi connectivity index (χ3n) is 3.36. The molecule has 0 aromatic heterocycles. The summed E-state index contributed by atoms with van der Waals surface area (Å²) < 4.78 is 31.2. The normalized spacial score (nSPS) is 11.1. The van der Waals surface area contributed by atoms with E-state index in [1.807, 2.05) is 0 Å². The van der Waals surface area contributed by atoms with Crippen LogP contribution in [0.3, 0.4) is 0 Å². The minimum absolute atomic E-state index is 0.132. The topological polar surface area (TPSA) is 84.5 Å². The number of rotatable bonds is 5. The van der Waals surface area contributed by atoms with E-state index in [0.717, 1.165) is 0 Å². The van der Waals surface area contributed by atoms with Crippen LogP contribution in [0.1, 0.15) is 15.9 Å². The summed E-state index contributed by atoms with van der Waals surface area (Å²) in [6, 6.07) is 11.4. The third-order valence-corrected chi connectivity index (χ3v) is 4.91. The van der Waals surface area contributed by atoms with E-state index in [1.54, 1.807) is 50.4 Å². The molecule has 0 radical (unpaired) electrons. The second-order valence-corrected chi connectivity index (χ2v) is 6.73. The van der Waals surface area contributed by atoms with Crippen LogP contribution in [0.4, 0.5) is 5.69 Å². The van der Waals surface area contributed by atoms with Gasteiger partial charge in [0.1, 0.15) is 5.75 Å². The van der Waals surface area contributed by atoms with Gasteiger partial charge in [-0.05, 0) is 55.9 Å². The number of sulfonamides is 1. The summed E-state index contributed by atoms with van der Waals surface area (Å²) >= 11 is 0. The molecule has 0 aliphatic heterocycles. The fourth-order valence-electron chi connectivity index (χ4n) is 2.02. The number of nitrogens with one attached hydrogen (secondary N) is 2. The van der Waals surface area contributed by atoms with Crippen LogP contribution in [0.15, 0.2) is 47.4 Å². The van der Waals surface area contributed by atoms with Crippen molar-refractivity contribution in [2.75, 3.05) is 19.5 Å². The van der Waals surface area contributed by atoms with Crippen LogP contribution < -0.4 is 14.8 Å². The Labute approximate surface area is 135 Å². The number of hydrogen-bond acceptors (Lipinski definition) is 4. The molecule has 23 heavy (non-hydrogen) atoms. The lowest BCUT2D eigenvalue weighted by molar-refractivity contribution is 0.102. The number of aryl methyl sites for hydroxylation is 1. The Kier molecular flexibility index (Phi) is 5.02. The molecule has 0 unspecified atom stereocenters. The zero-order valence-corrected chi connectivity index (χ0v) is 13.9. The summed E-state index contributed by atoms with van der Waals surface area (Å²) in [5, 5.41) is 2.69. The van der Waals surface area contributed by atoms with Gasteiger partial charge < -0.3 is 10.1 Å². The van der Waals surface area contributed by atoms with Gasteiger partial charge >= 0.3 is 0 Å². The van der Waals surface area contributed by atoms with E-state index in [2.05, 4.69) is 10.0 Å². The maximum Gasteiger partial charge on any atom is 0.255 e. The van der Waals surface area contributed by atoms with Crippen LogP contribution in [0.2, 0.25) is 0 Å². The first-order valence-corrected chi connectivity index (χ1v) is 8.35. The zero-order chi connectivity index (χ0) is 17.0. The number of anilines is 1. The Hall–Kier alpha value is -2.38. The van der Waals surface area contributed by atoms with Crippen LogP contribution in [0.25, 0.3) is 0 Å². The molecular formula is C16H18N2O4S. The van der Waals surface area contributed by atoms with Gasteiger partial charge in [-0.25, -0.2) is 13.1 Å². The summed E-state index contributed by atoms with van der Waals surface area (Å²) in [6.07, 6.45) is 0. The number of benzene rings is 2. The molecule has 7 heteroatoms. The van der Waals surface area contributed by atoms with Crippen molar-refractivity contribution in [3.8, 4) is 5.75 Å². The molecule has 2 N–H and O–H groups in total. The van der Waals surface area contributed by atoms with E-state index in [-0.39, 0.29) is 10.8 Å². The molecule has 0 aliphatic carbocycles. The highest BCUT2D eigenvalue weighted by atomic mass is 32.2. The number of carbonyl (C=O) groups is 1. The Bertz CT molecular complexity index is 814. The van der Waals surface area contributed by atoms with Gasteiger partial charge in [-0.15, -0.1) is 0 Å². The molecule has 0 saturated heterocycles. The standard InChI is InChI=1S/C16H18N2O4S/c1-11-4-7-13(10-15(11)23(20,21)17-2)18-16(19)12-5-8-14(22-3)9-6-12/h4-10,17H,1-3H3,(H,18,19). The van der Waals surface area contributed by atoms with Crippen molar-refractivity contribution >= 4 is 21.6 Å². The molecule has 0 spiro atoms. The number of carbonyl (C=O) groups excluding carboxylic acids is 1. The summed E-state index contributed by atoms with van der Waals surface area (Å²) in [6.45, 7) is 1.69. The molecule has 0 saturated carbocycles. The lowest BCUT2D eigenvalue weighted by atomic mass is 10.2. The van der Waals surface area contributed by atoms with E-state index in [9.17, 15) is 13.2 Å². The highest BCUT2D eigenvalue weighted by molar-refractivity contribution is 7.89. The van der Waals surface area contributed by atoms with Crippen molar-refractivity contribution in [1.82, 2.24) is 4.72 Å². The maximum atomic E-state index is 12.2. The minimum atomic E-state index is -3.58. The van der Waals surface area contributed by atoms with Crippen molar-refractivity contribution in [3.05, 3.63) is 53.6 Å². The van der Waals surface area contributed by atoms with Crippen LogP contribution in [0, 0.1) is 6.92 Å². The van der Waals surface area contributed by atoms with E-state index in [1.165, 1.54) is 13.1 Å². The molecule has 0 aliphatic rings. The van der Waals surface area contributed by atoms with Gasteiger partial charge in [-0.3, -0.25) is 4.79 Å². The second-order valence-electron chi connectivity index (χ2n) is 4.87. The number of hydrogen-bond donors (Lipinski definition) is 2.